The highest BCUT2D eigenvalue weighted by Gasteiger charge is 2.10. The highest BCUT2D eigenvalue weighted by molar-refractivity contribution is 6.07. The molecule has 0 aliphatic carbocycles. The van der Waals surface area contributed by atoms with Crippen LogP contribution in [0.15, 0.2) is 54.6 Å². The Balaban J connectivity index is 2.12. The molecule has 0 spiro atoms. The number of hydrogen-bond acceptors (Lipinski definition) is 3. The molecule has 0 saturated heterocycles. The molecule has 3 aromatic rings. The van der Waals surface area contributed by atoms with Crippen LogP contribution in [0.2, 0.25) is 0 Å². The Labute approximate surface area is 129 Å². The lowest BCUT2D eigenvalue weighted by Gasteiger charge is -2.09. The molecule has 0 radical (unpaired) electrons. The summed E-state index contributed by atoms with van der Waals surface area (Å²) in [7, 11) is 0. The van der Waals surface area contributed by atoms with Crippen molar-refractivity contribution < 1.29 is 9.53 Å². The Hall–Kier alpha value is -2.68. The van der Waals surface area contributed by atoms with Crippen LogP contribution in [0.3, 0.4) is 0 Å². The molecule has 1 heterocycles. The number of ketones is 1. The normalized spacial score (nSPS) is 10.6. The van der Waals surface area contributed by atoms with E-state index in [1.165, 1.54) is 0 Å². The van der Waals surface area contributed by atoms with Crippen molar-refractivity contribution in [3.63, 3.8) is 0 Å². The molecule has 0 bridgehead atoms. The second-order valence-corrected chi connectivity index (χ2v) is 5.09. The maximum absolute atomic E-state index is 11.9. The summed E-state index contributed by atoms with van der Waals surface area (Å²) in [6.45, 7) is 4.18. The zero-order valence-electron chi connectivity index (χ0n) is 12.7. The van der Waals surface area contributed by atoms with Crippen LogP contribution in [0, 0.1) is 0 Å². The maximum atomic E-state index is 11.9. The van der Waals surface area contributed by atoms with E-state index < -0.39 is 0 Å². The Morgan fingerprint density at radius 1 is 1.09 bits per heavy atom. The topological polar surface area (TPSA) is 39.2 Å². The van der Waals surface area contributed by atoms with Crippen LogP contribution in [0.1, 0.15) is 24.2 Å². The summed E-state index contributed by atoms with van der Waals surface area (Å²) in [5, 5.41) is 0.893. The second kappa shape index (κ2) is 5.98. The number of pyridine rings is 1. The fraction of sp³-hybridized carbons (Fsp3) is 0.158. The number of hydrogen-bond donors (Lipinski definition) is 0. The van der Waals surface area contributed by atoms with Crippen LogP contribution in [-0.4, -0.2) is 17.4 Å². The molecule has 0 aliphatic rings. The molecule has 0 aliphatic heterocycles. The summed E-state index contributed by atoms with van der Waals surface area (Å²) in [5.41, 5.74) is 3.30. The molecule has 110 valence electrons. The third-order valence-electron chi connectivity index (χ3n) is 3.56. The third kappa shape index (κ3) is 2.70. The zero-order valence-corrected chi connectivity index (χ0v) is 12.7. The number of para-hydroxylation sites is 1. The first-order chi connectivity index (χ1) is 10.7. The summed E-state index contributed by atoms with van der Waals surface area (Å²) >= 11 is 0. The van der Waals surface area contributed by atoms with Gasteiger partial charge in [0.25, 0.3) is 0 Å². The maximum Gasteiger partial charge on any atom is 0.160 e. The van der Waals surface area contributed by atoms with Crippen LogP contribution in [0.25, 0.3) is 22.2 Å². The smallest absolute Gasteiger partial charge is 0.160 e. The van der Waals surface area contributed by atoms with Crippen molar-refractivity contribution in [2.75, 3.05) is 6.61 Å². The average Bonchev–Trinajstić information content (AvgIpc) is 2.54. The lowest BCUT2D eigenvalue weighted by Crippen LogP contribution is -1.97. The van der Waals surface area contributed by atoms with Gasteiger partial charge >= 0.3 is 0 Å². The predicted molar refractivity (Wildman–Crippen MR) is 88.4 cm³/mol. The largest absolute Gasteiger partial charge is 0.494 e. The monoisotopic (exact) mass is 291 g/mol. The molecule has 0 amide bonds. The zero-order chi connectivity index (χ0) is 15.5. The van der Waals surface area contributed by atoms with E-state index in [0.717, 1.165) is 27.9 Å². The standard InChI is InChI=1S/C19H17NO2/c1-3-22-15-10-8-14(9-11-15)19-12-17(13(2)21)16-6-4-5-7-18(16)20-19/h4-12H,3H2,1-2H3. The molecule has 0 unspecified atom stereocenters. The first-order valence-corrected chi connectivity index (χ1v) is 7.33. The van der Waals surface area contributed by atoms with Crippen molar-refractivity contribution in [1.82, 2.24) is 4.98 Å². The van der Waals surface area contributed by atoms with Gasteiger partial charge in [-0.2, -0.15) is 0 Å². The predicted octanol–water partition coefficient (Wildman–Crippen LogP) is 4.50. The lowest BCUT2D eigenvalue weighted by molar-refractivity contribution is 0.101. The second-order valence-electron chi connectivity index (χ2n) is 5.09. The minimum absolute atomic E-state index is 0.0470. The van der Waals surface area contributed by atoms with Gasteiger partial charge in [0.2, 0.25) is 0 Å². The average molecular weight is 291 g/mol. The Morgan fingerprint density at radius 3 is 2.50 bits per heavy atom. The number of carbonyl (C=O) groups excluding carboxylic acids is 1. The number of Topliss-reactive ketones (excluding diaryl/α,β-unsaturated/α-hetero) is 1. The number of fused-ring (bicyclic) bond motifs is 1. The fourth-order valence-corrected chi connectivity index (χ4v) is 2.50. The number of carbonyl (C=O) groups is 1. The third-order valence-corrected chi connectivity index (χ3v) is 3.56. The molecule has 3 rings (SSSR count). The van der Waals surface area contributed by atoms with E-state index in [1.54, 1.807) is 6.92 Å². The van der Waals surface area contributed by atoms with Gasteiger partial charge in [-0.1, -0.05) is 18.2 Å². The van der Waals surface area contributed by atoms with E-state index in [4.69, 9.17) is 4.74 Å². The van der Waals surface area contributed by atoms with Gasteiger partial charge in [0.15, 0.2) is 5.78 Å². The van der Waals surface area contributed by atoms with Gasteiger partial charge in [-0.05, 0) is 50.2 Å². The Kier molecular flexibility index (Phi) is 3.88. The summed E-state index contributed by atoms with van der Waals surface area (Å²) in [6, 6.07) is 17.3. The molecule has 2 aromatic carbocycles. The molecule has 0 atom stereocenters. The van der Waals surface area contributed by atoms with Gasteiger partial charge in [0, 0.05) is 16.5 Å². The van der Waals surface area contributed by atoms with E-state index in [9.17, 15) is 4.79 Å². The van der Waals surface area contributed by atoms with Crippen LogP contribution < -0.4 is 4.74 Å². The number of ether oxygens (including phenoxy) is 1. The van der Waals surface area contributed by atoms with Crippen molar-refractivity contribution in [3.8, 4) is 17.0 Å². The van der Waals surface area contributed by atoms with Crippen molar-refractivity contribution in [2.24, 2.45) is 0 Å². The molecule has 0 N–H and O–H groups in total. The molecule has 22 heavy (non-hydrogen) atoms. The SMILES string of the molecule is CCOc1ccc(-c2cc(C(C)=O)c3ccccc3n2)cc1. The van der Waals surface area contributed by atoms with Gasteiger partial charge < -0.3 is 4.74 Å². The highest BCUT2D eigenvalue weighted by Crippen LogP contribution is 2.26. The summed E-state index contributed by atoms with van der Waals surface area (Å²) in [4.78, 5) is 16.6. The first kappa shape index (κ1) is 14.3. The van der Waals surface area contributed by atoms with Gasteiger partial charge in [0.1, 0.15) is 5.75 Å². The fourth-order valence-electron chi connectivity index (χ4n) is 2.50. The van der Waals surface area contributed by atoms with Crippen LogP contribution in [0.4, 0.5) is 0 Å². The Bertz CT molecular complexity index is 822. The molecular formula is C19H17NO2. The Morgan fingerprint density at radius 2 is 1.82 bits per heavy atom. The summed E-state index contributed by atoms with van der Waals surface area (Å²) in [5.74, 6) is 0.879. The van der Waals surface area contributed by atoms with E-state index >= 15 is 0 Å². The minimum atomic E-state index is 0.0470. The minimum Gasteiger partial charge on any atom is -0.494 e. The van der Waals surface area contributed by atoms with E-state index in [1.807, 2.05) is 61.5 Å². The van der Waals surface area contributed by atoms with Crippen LogP contribution in [-0.2, 0) is 0 Å². The highest BCUT2D eigenvalue weighted by atomic mass is 16.5. The van der Waals surface area contributed by atoms with Gasteiger partial charge in [-0.3, -0.25) is 4.79 Å². The lowest BCUT2D eigenvalue weighted by atomic mass is 10.0. The summed E-state index contributed by atoms with van der Waals surface area (Å²) < 4.78 is 5.45. The quantitative estimate of drug-likeness (QED) is 0.664. The van der Waals surface area contributed by atoms with Crippen molar-refractivity contribution in [2.45, 2.75) is 13.8 Å². The number of nitrogens with zero attached hydrogens (tertiary/aromatic N) is 1. The van der Waals surface area contributed by atoms with Gasteiger partial charge in [-0.15, -0.1) is 0 Å². The molecule has 1 aromatic heterocycles. The van der Waals surface area contributed by atoms with Crippen LogP contribution in [0.5, 0.6) is 5.75 Å². The van der Waals surface area contributed by atoms with E-state index in [0.29, 0.717) is 12.2 Å². The van der Waals surface area contributed by atoms with Crippen molar-refractivity contribution in [3.05, 3.63) is 60.2 Å². The molecule has 0 fully saturated rings. The number of benzene rings is 2. The van der Waals surface area contributed by atoms with E-state index in [2.05, 4.69) is 4.98 Å². The van der Waals surface area contributed by atoms with Crippen molar-refractivity contribution in [1.29, 1.82) is 0 Å². The molecule has 0 saturated carbocycles. The van der Waals surface area contributed by atoms with Crippen LogP contribution >= 0.6 is 0 Å². The van der Waals surface area contributed by atoms with Gasteiger partial charge in [-0.25, -0.2) is 4.98 Å². The summed E-state index contributed by atoms with van der Waals surface area (Å²) in [6.07, 6.45) is 0. The molecular weight excluding hydrogens is 274 g/mol. The number of aromatic nitrogens is 1. The van der Waals surface area contributed by atoms with Gasteiger partial charge in [0.05, 0.1) is 17.8 Å². The first-order valence-electron chi connectivity index (χ1n) is 7.33. The van der Waals surface area contributed by atoms with E-state index in [-0.39, 0.29) is 5.78 Å². The molecule has 3 nitrogen and oxygen atoms in total. The number of rotatable bonds is 4. The molecule has 3 heteroatoms. The van der Waals surface area contributed by atoms with Crippen molar-refractivity contribution >= 4 is 16.7 Å².